The number of hydrogen-bond acceptors (Lipinski definition) is 3. The molecule has 0 amide bonds. The van der Waals surface area contributed by atoms with Gasteiger partial charge in [0.15, 0.2) is 0 Å². The zero-order chi connectivity index (χ0) is 11.1. The van der Waals surface area contributed by atoms with Crippen LogP contribution in [0.25, 0.3) is 0 Å². The van der Waals surface area contributed by atoms with Crippen molar-refractivity contribution in [3.63, 3.8) is 0 Å². The van der Waals surface area contributed by atoms with Crippen molar-refractivity contribution in [2.45, 2.75) is 25.4 Å². The van der Waals surface area contributed by atoms with Gasteiger partial charge in [0.1, 0.15) is 6.17 Å². The van der Waals surface area contributed by atoms with Crippen molar-refractivity contribution >= 4 is 0 Å². The lowest BCUT2D eigenvalue weighted by Crippen LogP contribution is -2.37. The van der Waals surface area contributed by atoms with Crippen LogP contribution in [0.5, 0.6) is 0 Å². The van der Waals surface area contributed by atoms with Crippen molar-refractivity contribution in [3.8, 4) is 6.07 Å². The minimum Gasteiger partial charge on any atom is -0.385 e. The lowest BCUT2D eigenvalue weighted by molar-refractivity contribution is 0.129. The molecule has 0 radical (unpaired) electrons. The number of piperidine rings is 1. The monoisotopic (exact) mass is 214 g/mol. The molecule has 3 nitrogen and oxygen atoms in total. The summed E-state index contributed by atoms with van der Waals surface area (Å²) in [4.78, 5) is 2.18. The van der Waals surface area contributed by atoms with Crippen LogP contribution in [-0.2, 0) is 4.74 Å². The van der Waals surface area contributed by atoms with E-state index in [1.807, 2.05) is 0 Å². The lowest BCUT2D eigenvalue weighted by atomic mass is 10.0. The highest BCUT2D eigenvalue weighted by Gasteiger charge is 2.20. The number of alkyl halides is 1. The van der Waals surface area contributed by atoms with Gasteiger partial charge in [-0.05, 0) is 19.3 Å². The standard InChI is InChI=1S/C11H19FN2O/c1-15-7-4-10(8-13)9-14-5-2-11(12)3-6-14/h10-11H,2-7,9H2,1H3. The zero-order valence-electron chi connectivity index (χ0n) is 9.29. The molecule has 0 N–H and O–H groups in total. The highest BCUT2D eigenvalue weighted by atomic mass is 19.1. The van der Waals surface area contributed by atoms with Crippen molar-refractivity contribution in [3.05, 3.63) is 0 Å². The molecular formula is C11H19FN2O. The number of nitriles is 1. The highest BCUT2D eigenvalue weighted by molar-refractivity contribution is 4.86. The maximum atomic E-state index is 12.9. The molecule has 1 heterocycles. The van der Waals surface area contributed by atoms with Crippen molar-refractivity contribution in [1.82, 2.24) is 4.90 Å². The van der Waals surface area contributed by atoms with Crippen LogP contribution in [0.4, 0.5) is 4.39 Å². The van der Waals surface area contributed by atoms with Gasteiger partial charge in [-0.25, -0.2) is 4.39 Å². The van der Waals surface area contributed by atoms with Gasteiger partial charge in [-0.3, -0.25) is 0 Å². The average Bonchev–Trinajstić information content (AvgIpc) is 2.27. The normalized spacial score (nSPS) is 21.1. The fourth-order valence-electron chi connectivity index (χ4n) is 1.85. The minimum atomic E-state index is -0.638. The third kappa shape index (κ3) is 4.59. The Morgan fingerprint density at radius 2 is 2.20 bits per heavy atom. The van der Waals surface area contributed by atoms with Gasteiger partial charge in [0.2, 0.25) is 0 Å². The Kier molecular flexibility index (Phi) is 5.59. The third-order valence-corrected chi connectivity index (χ3v) is 2.85. The fraction of sp³-hybridized carbons (Fsp3) is 0.909. The summed E-state index contributed by atoms with van der Waals surface area (Å²) in [6.07, 6.45) is 1.36. The van der Waals surface area contributed by atoms with Crippen LogP contribution in [0.3, 0.4) is 0 Å². The van der Waals surface area contributed by atoms with Gasteiger partial charge < -0.3 is 9.64 Å². The first kappa shape index (κ1) is 12.4. The molecule has 1 aliphatic heterocycles. The van der Waals surface area contributed by atoms with Crippen LogP contribution < -0.4 is 0 Å². The van der Waals surface area contributed by atoms with Crippen molar-refractivity contribution in [2.24, 2.45) is 5.92 Å². The SMILES string of the molecule is COCCC(C#N)CN1CCC(F)CC1. The topological polar surface area (TPSA) is 36.3 Å². The Morgan fingerprint density at radius 1 is 1.53 bits per heavy atom. The molecule has 0 aliphatic carbocycles. The smallest absolute Gasteiger partial charge is 0.103 e. The van der Waals surface area contributed by atoms with Gasteiger partial charge in [0.25, 0.3) is 0 Å². The van der Waals surface area contributed by atoms with Gasteiger partial charge in [0.05, 0.1) is 12.0 Å². The predicted molar refractivity (Wildman–Crippen MR) is 56.2 cm³/mol. The predicted octanol–water partition coefficient (Wildman–Crippen LogP) is 1.60. The van der Waals surface area contributed by atoms with E-state index in [0.29, 0.717) is 19.4 Å². The summed E-state index contributed by atoms with van der Waals surface area (Å²) in [6.45, 7) is 2.95. The van der Waals surface area contributed by atoms with E-state index < -0.39 is 6.17 Å². The maximum absolute atomic E-state index is 12.9. The second-order valence-corrected chi connectivity index (χ2v) is 4.08. The molecule has 86 valence electrons. The van der Waals surface area contributed by atoms with E-state index >= 15 is 0 Å². The van der Waals surface area contributed by atoms with E-state index in [1.54, 1.807) is 7.11 Å². The molecule has 1 saturated heterocycles. The quantitative estimate of drug-likeness (QED) is 0.697. The van der Waals surface area contributed by atoms with E-state index in [9.17, 15) is 4.39 Å². The molecule has 15 heavy (non-hydrogen) atoms. The number of likely N-dealkylation sites (tertiary alicyclic amines) is 1. The van der Waals surface area contributed by atoms with E-state index in [4.69, 9.17) is 10.00 Å². The maximum Gasteiger partial charge on any atom is 0.103 e. The molecular weight excluding hydrogens is 195 g/mol. The number of methoxy groups -OCH3 is 1. The Balaban J connectivity index is 2.23. The van der Waals surface area contributed by atoms with E-state index in [-0.39, 0.29) is 5.92 Å². The number of halogens is 1. The first-order valence-corrected chi connectivity index (χ1v) is 5.51. The summed E-state index contributed by atoms with van der Waals surface area (Å²) in [5.74, 6) is 0.0149. The third-order valence-electron chi connectivity index (χ3n) is 2.85. The molecule has 0 aromatic rings. The summed E-state index contributed by atoms with van der Waals surface area (Å²) in [5, 5.41) is 8.93. The molecule has 1 aliphatic rings. The summed E-state index contributed by atoms with van der Waals surface area (Å²) in [6, 6.07) is 2.28. The van der Waals surface area contributed by atoms with E-state index in [1.165, 1.54) is 0 Å². The summed E-state index contributed by atoms with van der Waals surface area (Å²) in [5.41, 5.74) is 0. The Morgan fingerprint density at radius 3 is 2.73 bits per heavy atom. The molecule has 1 fully saturated rings. The summed E-state index contributed by atoms with van der Waals surface area (Å²) >= 11 is 0. The van der Waals surface area contributed by atoms with Crippen molar-refractivity contribution < 1.29 is 9.13 Å². The molecule has 1 rings (SSSR count). The number of ether oxygens (including phenoxy) is 1. The van der Waals surface area contributed by atoms with Crippen LogP contribution in [0.1, 0.15) is 19.3 Å². The Labute approximate surface area is 90.8 Å². The second kappa shape index (κ2) is 6.76. The van der Waals surface area contributed by atoms with Crippen LogP contribution in [-0.4, -0.2) is 44.4 Å². The number of hydrogen-bond donors (Lipinski definition) is 0. The van der Waals surface area contributed by atoms with Gasteiger partial charge >= 0.3 is 0 Å². The van der Waals surface area contributed by atoms with Gasteiger partial charge in [-0.2, -0.15) is 5.26 Å². The van der Waals surface area contributed by atoms with Crippen LogP contribution in [0.2, 0.25) is 0 Å². The Hall–Kier alpha value is -0.660. The van der Waals surface area contributed by atoms with Crippen LogP contribution in [0.15, 0.2) is 0 Å². The van der Waals surface area contributed by atoms with Crippen LogP contribution in [0, 0.1) is 17.2 Å². The molecule has 0 aromatic heterocycles. The highest BCUT2D eigenvalue weighted by Crippen LogP contribution is 2.15. The fourth-order valence-corrected chi connectivity index (χ4v) is 1.85. The second-order valence-electron chi connectivity index (χ2n) is 4.08. The van der Waals surface area contributed by atoms with E-state index in [2.05, 4.69) is 11.0 Å². The van der Waals surface area contributed by atoms with E-state index in [0.717, 1.165) is 26.1 Å². The van der Waals surface area contributed by atoms with Gasteiger partial charge in [-0.15, -0.1) is 0 Å². The summed E-state index contributed by atoms with van der Waals surface area (Å²) < 4.78 is 17.8. The van der Waals surface area contributed by atoms with Crippen LogP contribution >= 0.6 is 0 Å². The molecule has 1 atom stereocenters. The molecule has 0 spiro atoms. The first-order chi connectivity index (χ1) is 7.26. The van der Waals surface area contributed by atoms with Gasteiger partial charge in [-0.1, -0.05) is 0 Å². The number of nitrogens with zero attached hydrogens (tertiary/aromatic N) is 2. The lowest BCUT2D eigenvalue weighted by Gasteiger charge is -2.29. The number of rotatable bonds is 5. The average molecular weight is 214 g/mol. The zero-order valence-corrected chi connectivity index (χ0v) is 9.29. The molecule has 0 bridgehead atoms. The molecule has 1 unspecified atom stereocenters. The molecule has 0 aromatic carbocycles. The molecule has 0 saturated carbocycles. The first-order valence-electron chi connectivity index (χ1n) is 5.51. The Bertz CT molecular complexity index is 209. The minimum absolute atomic E-state index is 0.0149. The molecule has 4 heteroatoms. The van der Waals surface area contributed by atoms with Crippen molar-refractivity contribution in [1.29, 1.82) is 5.26 Å². The summed E-state index contributed by atoms with van der Waals surface area (Å²) in [7, 11) is 1.64. The van der Waals surface area contributed by atoms with Gasteiger partial charge in [0, 0.05) is 33.4 Å². The van der Waals surface area contributed by atoms with Crippen molar-refractivity contribution in [2.75, 3.05) is 33.4 Å². The largest absolute Gasteiger partial charge is 0.385 e.